The molecular weight excluding hydrogens is 450 g/mol. The summed E-state index contributed by atoms with van der Waals surface area (Å²) in [5, 5.41) is 3.78. The predicted molar refractivity (Wildman–Crippen MR) is 146 cm³/mol. The lowest BCUT2D eigenvalue weighted by molar-refractivity contribution is -0.118. The lowest BCUT2D eigenvalue weighted by Crippen LogP contribution is -2.44. The van der Waals surface area contributed by atoms with Crippen molar-refractivity contribution in [1.82, 2.24) is 15.2 Å². The number of benzene rings is 2. The predicted octanol–water partition coefficient (Wildman–Crippen LogP) is 6.32. The van der Waals surface area contributed by atoms with Crippen LogP contribution in [0.3, 0.4) is 0 Å². The highest BCUT2D eigenvalue weighted by atomic mass is 16.6. The van der Waals surface area contributed by atoms with E-state index >= 15 is 0 Å². The molecule has 2 aromatic carbocycles. The summed E-state index contributed by atoms with van der Waals surface area (Å²) in [4.78, 5) is 31.2. The SMILES string of the molecule is CC(=O)NCCc1ccc2nc(CC(C)C)c(OC(=O)N(C)C(C)(C)C)c(-c3ccc(C)cc3)c2c1. The molecule has 0 saturated carbocycles. The minimum absolute atomic E-state index is 0.0479. The molecule has 0 aliphatic carbocycles. The molecule has 0 aliphatic rings. The second-order valence-corrected chi connectivity index (χ2v) is 10.9. The molecule has 0 fully saturated rings. The third-order valence-electron chi connectivity index (χ3n) is 6.27. The van der Waals surface area contributed by atoms with Gasteiger partial charge < -0.3 is 15.0 Å². The molecule has 0 atom stereocenters. The highest BCUT2D eigenvalue weighted by molar-refractivity contribution is 5.99. The van der Waals surface area contributed by atoms with Crippen molar-refractivity contribution >= 4 is 22.9 Å². The summed E-state index contributed by atoms with van der Waals surface area (Å²) in [6.45, 7) is 14.3. The van der Waals surface area contributed by atoms with Crippen LogP contribution in [0.25, 0.3) is 22.0 Å². The van der Waals surface area contributed by atoms with Crippen LogP contribution < -0.4 is 10.1 Å². The summed E-state index contributed by atoms with van der Waals surface area (Å²) < 4.78 is 6.18. The van der Waals surface area contributed by atoms with Crippen LogP contribution in [0, 0.1) is 12.8 Å². The van der Waals surface area contributed by atoms with E-state index in [1.165, 1.54) is 6.92 Å². The minimum Gasteiger partial charge on any atom is -0.408 e. The maximum atomic E-state index is 13.3. The van der Waals surface area contributed by atoms with Crippen LogP contribution in [0.5, 0.6) is 5.75 Å². The molecule has 0 bridgehead atoms. The van der Waals surface area contributed by atoms with E-state index in [2.05, 4.69) is 56.4 Å². The van der Waals surface area contributed by atoms with Gasteiger partial charge in [0.2, 0.25) is 5.91 Å². The Morgan fingerprint density at radius 3 is 2.33 bits per heavy atom. The monoisotopic (exact) mass is 489 g/mol. The molecule has 0 radical (unpaired) electrons. The molecule has 1 N–H and O–H groups in total. The van der Waals surface area contributed by atoms with Gasteiger partial charge in [-0.05, 0) is 69.7 Å². The summed E-state index contributed by atoms with van der Waals surface area (Å²) in [7, 11) is 1.75. The molecule has 36 heavy (non-hydrogen) atoms. The number of nitrogens with one attached hydrogen (secondary N) is 1. The molecule has 6 nitrogen and oxygen atoms in total. The fraction of sp³-hybridized carbons (Fsp3) is 0.433. The van der Waals surface area contributed by atoms with Crippen LogP contribution in [0.1, 0.15) is 58.4 Å². The number of hydrogen-bond acceptors (Lipinski definition) is 4. The van der Waals surface area contributed by atoms with Gasteiger partial charge in [-0.2, -0.15) is 0 Å². The number of ether oxygens (including phenoxy) is 1. The molecular formula is C30H39N3O3. The number of nitrogens with zero attached hydrogens (tertiary/aromatic N) is 2. The molecule has 0 aliphatic heterocycles. The smallest absolute Gasteiger partial charge is 0.408 e. The topological polar surface area (TPSA) is 71.5 Å². The Morgan fingerprint density at radius 1 is 1.08 bits per heavy atom. The van der Waals surface area contributed by atoms with Crippen LogP contribution in [-0.4, -0.2) is 41.0 Å². The number of aromatic nitrogens is 1. The normalized spacial score (nSPS) is 11.6. The molecule has 3 aromatic rings. The number of fused-ring (bicyclic) bond motifs is 1. The molecule has 1 heterocycles. The van der Waals surface area contributed by atoms with Gasteiger partial charge in [-0.15, -0.1) is 0 Å². The zero-order chi connectivity index (χ0) is 26.6. The second kappa shape index (κ2) is 11.1. The van der Waals surface area contributed by atoms with E-state index in [-0.39, 0.29) is 11.4 Å². The first-order chi connectivity index (χ1) is 16.9. The molecule has 0 saturated heterocycles. The Morgan fingerprint density at radius 2 is 1.75 bits per heavy atom. The van der Waals surface area contributed by atoms with E-state index < -0.39 is 6.09 Å². The third kappa shape index (κ3) is 6.62. The number of rotatable bonds is 7. The van der Waals surface area contributed by atoms with Crippen molar-refractivity contribution in [3.05, 3.63) is 59.3 Å². The van der Waals surface area contributed by atoms with E-state index in [9.17, 15) is 9.59 Å². The number of aryl methyl sites for hydroxylation is 1. The molecule has 1 aromatic heterocycles. The lowest BCUT2D eigenvalue weighted by atomic mass is 9.94. The quantitative estimate of drug-likeness (QED) is 0.422. The molecule has 6 heteroatoms. The maximum absolute atomic E-state index is 13.3. The Labute approximate surface area is 215 Å². The zero-order valence-electron chi connectivity index (χ0n) is 22.9. The highest BCUT2D eigenvalue weighted by Crippen LogP contribution is 2.40. The minimum atomic E-state index is -0.413. The van der Waals surface area contributed by atoms with Crippen molar-refractivity contribution in [1.29, 1.82) is 0 Å². The van der Waals surface area contributed by atoms with Crippen molar-refractivity contribution in [2.45, 2.75) is 66.8 Å². The standard InChI is InChI=1S/C30H39N3O3/c1-19(2)17-26-28(36-29(35)33(8)30(5,6)7)27(23-12-9-20(3)10-13-23)24-18-22(11-14-25(24)32-26)15-16-31-21(4)34/h9-14,18-19H,15-17H2,1-8H3,(H,31,34). The van der Waals surface area contributed by atoms with Crippen molar-refractivity contribution in [2.24, 2.45) is 5.92 Å². The highest BCUT2D eigenvalue weighted by Gasteiger charge is 2.27. The Hall–Kier alpha value is -3.41. The van der Waals surface area contributed by atoms with Gasteiger partial charge in [0.25, 0.3) is 0 Å². The Balaban J connectivity index is 2.25. The van der Waals surface area contributed by atoms with Gasteiger partial charge in [0, 0.05) is 37.0 Å². The molecule has 2 amide bonds. The van der Waals surface area contributed by atoms with Crippen LogP contribution in [0.4, 0.5) is 4.79 Å². The van der Waals surface area contributed by atoms with Gasteiger partial charge in [0.05, 0.1) is 11.2 Å². The van der Waals surface area contributed by atoms with Crippen molar-refractivity contribution < 1.29 is 14.3 Å². The van der Waals surface area contributed by atoms with E-state index in [0.717, 1.165) is 38.9 Å². The largest absolute Gasteiger partial charge is 0.415 e. The average Bonchev–Trinajstić information content (AvgIpc) is 2.78. The van der Waals surface area contributed by atoms with E-state index in [4.69, 9.17) is 9.72 Å². The van der Waals surface area contributed by atoms with Crippen molar-refractivity contribution in [3.63, 3.8) is 0 Å². The first-order valence-electron chi connectivity index (χ1n) is 12.6. The fourth-order valence-electron chi connectivity index (χ4n) is 3.95. The Kier molecular flexibility index (Phi) is 8.39. The summed E-state index contributed by atoms with van der Waals surface area (Å²) >= 11 is 0. The number of carbonyl (C=O) groups excluding carboxylic acids is 2. The molecule has 3 rings (SSSR count). The van der Waals surface area contributed by atoms with Crippen LogP contribution in [0.15, 0.2) is 42.5 Å². The fourth-order valence-corrected chi connectivity index (χ4v) is 3.95. The van der Waals surface area contributed by atoms with Crippen LogP contribution in [-0.2, 0) is 17.6 Å². The lowest BCUT2D eigenvalue weighted by Gasteiger charge is -2.31. The van der Waals surface area contributed by atoms with Gasteiger partial charge in [0.15, 0.2) is 5.75 Å². The number of carbonyl (C=O) groups is 2. The van der Waals surface area contributed by atoms with E-state index in [1.807, 2.05) is 32.9 Å². The maximum Gasteiger partial charge on any atom is 0.415 e. The molecule has 0 unspecified atom stereocenters. The zero-order valence-corrected chi connectivity index (χ0v) is 22.9. The summed E-state index contributed by atoms with van der Waals surface area (Å²) in [5.74, 6) is 0.795. The number of pyridine rings is 1. The van der Waals surface area contributed by atoms with Crippen LogP contribution >= 0.6 is 0 Å². The van der Waals surface area contributed by atoms with Gasteiger partial charge in [-0.1, -0.05) is 49.7 Å². The first-order valence-corrected chi connectivity index (χ1v) is 12.6. The second-order valence-electron chi connectivity index (χ2n) is 10.9. The first kappa shape index (κ1) is 27.2. The van der Waals surface area contributed by atoms with Gasteiger partial charge in [-0.3, -0.25) is 4.79 Å². The van der Waals surface area contributed by atoms with Gasteiger partial charge in [0.1, 0.15) is 0 Å². The summed E-state index contributed by atoms with van der Waals surface area (Å²) in [6.07, 6.45) is 0.961. The third-order valence-corrected chi connectivity index (χ3v) is 6.27. The molecule has 192 valence electrons. The van der Waals surface area contributed by atoms with Crippen LogP contribution in [0.2, 0.25) is 0 Å². The van der Waals surface area contributed by atoms with Crippen molar-refractivity contribution in [3.8, 4) is 16.9 Å². The summed E-state index contributed by atoms with van der Waals surface area (Å²) in [6, 6.07) is 14.4. The average molecular weight is 490 g/mol. The van der Waals surface area contributed by atoms with E-state index in [0.29, 0.717) is 31.1 Å². The Bertz CT molecular complexity index is 1240. The van der Waals surface area contributed by atoms with E-state index in [1.54, 1.807) is 11.9 Å². The summed E-state index contributed by atoms with van der Waals surface area (Å²) in [5.41, 5.74) is 5.31. The number of amides is 2. The number of hydrogen-bond donors (Lipinski definition) is 1. The van der Waals surface area contributed by atoms with Crippen molar-refractivity contribution in [2.75, 3.05) is 13.6 Å². The molecule has 0 spiro atoms. The van der Waals surface area contributed by atoms with Gasteiger partial charge in [-0.25, -0.2) is 9.78 Å². The van der Waals surface area contributed by atoms with Gasteiger partial charge >= 0.3 is 6.09 Å².